The van der Waals surface area contributed by atoms with Crippen LogP contribution in [-0.4, -0.2) is 39.2 Å². The first-order valence-corrected chi connectivity index (χ1v) is 8.16. The minimum absolute atomic E-state index is 0.122. The standard InChI is InChI=1S/C16H21BrO5/c1-11-12(16(18)19-2)6-7-13(17)15(11)22-10-9-21-14-5-3-4-8-20-14/h6-7,14H,3-5,8-10H2,1-2H3. The van der Waals surface area contributed by atoms with E-state index < -0.39 is 0 Å². The average Bonchev–Trinajstić information content (AvgIpc) is 2.54. The van der Waals surface area contributed by atoms with Gasteiger partial charge in [0.25, 0.3) is 0 Å². The number of halogens is 1. The molecule has 22 heavy (non-hydrogen) atoms. The Hall–Kier alpha value is -1.11. The zero-order chi connectivity index (χ0) is 15.9. The molecule has 0 N–H and O–H groups in total. The molecule has 1 aromatic rings. The summed E-state index contributed by atoms with van der Waals surface area (Å²) in [5.74, 6) is 0.262. The zero-order valence-corrected chi connectivity index (χ0v) is 14.5. The molecule has 1 heterocycles. The molecular weight excluding hydrogens is 352 g/mol. The molecule has 0 aliphatic carbocycles. The van der Waals surface area contributed by atoms with Crippen LogP contribution < -0.4 is 4.74 Å². The number of hydrogen-bond donors (Lipinski definition) is 0. The normalized spacial score (nSPS) is 18.0. The van der Waals surface area contributed by atoms with Crippen LogP contribution >= 0.6 is 15.9 Å². The molecule has 1 aliphatic rings. The summed E-state index contributed by atoms with van der Waals surface area (Å²) in [5, 5.41) is 0. The van der Waals surface area contributed by atoms with Gasteiger partial charge in [0.15, 0.2) is 6.29 Å². The topological polar surface area (TPSA) is 54.0 Å². The quantitative estimate of drug-likeness (QED) is 0.565. The van der Waals surface area contributed by atoms with E-state index in [1.54, 1.807) is 12.1 Å². The summed E-state index contributed by atoms with van der Waals surface area (Å²) in [7, 11) is 1.36. The lowest BCUT2D eigenvalue weighted by Gasteiger charge is -2.22. The van der Waals surface area contributed by atoms with E-state index in [1.807, 2.05) is 6.92 Å². The highest BCUT2D eigenvalue weighted by atomic mass is 79.9. The minimum Gasteiger partial charge on any atom is -0.490 e. The molecule has 1 aromatic carbocycles. The van der Waals surface area contributed by atoms with Crippen molar-refractivity contribution in [2.24, 2.45) is 0 Å². The second-order valence-electron chi connectivity index (χ2n) is 5.06. The van der Waals surface area contributed by atoms with Gasteiger partial charge in [-0.2, -0.15) is 0 Å². The van der Waals surface area contributed by atoms with E-state index in [2.05, 4.69) is 15.9 Å². The van der Waals surface area contributed by atoms with Gasteiger partial charge < -0.3 is 18.9 Å². The summed E-state index contributed by atoms with van der Waals surface area (Å²) in [5.41, 5.74) is 1.24. The molecule has 0 saturated carbocycles. The van der Waals surface area contributed by atoms with Gasteiger partial charge in [-0.15, -0.1) is 0 Å². The summed E-state index contributed by atoms with van der Waals surface area (Å²) in [6, 6.07) is 3.49. The number of benzene rings is 1. The fourth-order valence-corrected chi connectivity index (χ4v) is 2.88. The van der Waals surface area contributed by atoms with E-state index in [0.717, 1.165) is 35.9 Å². The minimum atomic E-state index is -0.373. The Balaban J connectivity index is 1.90. The number of methoxy groups -OCH3 is 1. The molecule has 1 aliphatic heterocycles. The molecular formula is C16H21BrO5. The zero-order valence-electron chi connectivity index (χ0n) is 12.9. The second kappa shape index (κ2) is 8.50. The van der Waals surface area contributed by atoms with Crippen molar-refractivity contribution in [3.63, 3.8) is 0 Å². The molecule has 0 spiro atoms. The van der Waals surface area contributed by atoms with Crippen molar-refractivity contribution in [3.05, 3.63) is 27.7 Å². The third-order valence-electron chi connectivity index (χ3n) is 3.53. The number of rotatable bonds is 6. The lowest BCUT2D eigenvalue weighted by atomic mass is 10.1. The molecule has 1 saturated heterocycles. The van der Waals surface area contributed by atoms with Crippen LogP contribution in [0.5, 0.6) is 5.75 Å². The van der Waals surface area contributed by atoms with Gasteiger partial charge in [-0.05, 0) is 54.2 Å². The van der Waals surface area contributed by atoms with E-state index in [9.17, 15) is 4.79 Å². The van der Waals surface area contributed by atoms with Crippen molar-refractivity contribution in [2.45, 2.75) is 32.5 Å². The number of carbonyl (C=O) groups is 1. The van der Waals surface area contributed by atoms with E-state index >= 15 is 0 Å². The Labute approximate surface area is 139 Å². The van der Waals surface area contributed by atoms with Crippen LogP contribution in [0.1, 0.15) is 35.2 Å². The molecule has 1 unspecified atom stereocenters. The van der Waals surface area contributed by atoms with Gasteiger partial charge in [0, 0.05) is 12.2 Å². The summed E-state index contributed by atoms with van der Waals surface area (Å²) >= 11 is 3.44. The predicted molar refractivity (Wildman–Crippen MR) is 85.3 cm³/mol. The van der Waals surface area contributed by atoms with Gasteiger partial charge in [0.2, 0.25) is 0 Å². The second-order valence-corrected chi connectivity index (χ2v) is 5.91. The van der Waals surface area contributed by atoms with E-state index in [-0.39, 0.29) is 12.3 Å². The van der Waals surface area contributed by atoms with Gasteiger partial charge in [0.1, 0.15) is 12.4 Å². The predicted octanol–water partition coefficient (Wildman–Crippen LogP) is 3.47. The maximum absolute atomic E-state index is 11.7. The number of ether oxygens (including phenoxy) is 4. The molecule has 6 heteroatoms. The van der Waals surface area contributed by atoms with Crippen molar-refractivity contribution >= 4 is 21.9 Å². The first-order valence-electron chi connectivity index (χ1n) is 7.37. The smallest absolute Gasteiger partial charge is 0.338 e. The Morgan fingerprint density at radius 2 is 2.18 bits per heavy atom. The average molecular weight is 373 g/mol. The van der Waals surface area contributed by atoms with Crippen LogP contribution in [-0.2, 0) is 14.2 Å². The summed E-state index contributed by atoms with van der Waals surface area (Å²) in [4.78, 5) is 11.7. The van der Waals surface area contributed by atoms with E-state index in [1.165, 1.54) is 7.11 Å². The summed E-state index contributed by atoms with van der Waals surface area (Å²) in [6.45, 7) is 3.43. The largest absolute Gasteiger partial charge is 0.490 e. The SMILES string of the molecule is COC(=O)c1ccc(Br)c(OCCOC2CCCCO2)c1C. The van der Waals surface area contributed by atoms with Crippen LogP contribution in [0.4, 0.5) is 0 Å². The molecule has 0 radical (unpaired) electrons. The van der Waals surface area contributed by atoms with Crippen LogP contribution in [0.2, 0.25) is 0 Å². The number of carbonyl (C=O) groups excluding carboxylic acids is 1. The van der Waals surface area contributed by atoms with Crippen LogP contribution in [0.3, 0.4) is 0 Å². The molecule has 2 rings (SSSR count). The van der Waals surface area contributed by atoms with Gasteiger partial charge in [-0.3, -0.25) is 0 Å². The summed E-state index contributed by atoms with van der Waals surface area (Å²) < 4.78 is 22.4. The molecule has 0 amide bonds. The fraction of sp³-hybridized carbons (Fsp3) is 0.562. The monoisotopic (exact) mass is 372 g/mol. The van der Waals surface area contributed by atoms with Crippen molar-refractivity contribution in [2.75, 3.05) is 26.9 Å². The van der Waals surface area contributed by atoms with Gasteiger partial charge in [0.05, 0.1) is 23.8 Å². The molecule has 1 fully saturated rings. The third kappa shape index (κ3) is 4.44. The number of hydrogen-bond acceptors (Lipinski definition) is 5. The highest BCUT2D eigenvalue weighted by Gasteiger charge is 2.17. The lowest BCUT2D eigenvalue weighted by molar-refractivity contribution is -0.165. The Kier molecular flexibility index (Phi) is 6.67. The van der Waals surface area contributed by atoms with Crippen LogP contribution in [0.25, 0.3) is 0 Å². The third-order valence-corrected chi connectivity index (χ3v) is 4.16. The van der Waals surface area contributed by atoms with E-state index in [4.69, 9.17) is 18.9 Å². The molecule has 122 valence electrons. The Morgan fingerprint density at radius 3 is 2.86 bits per heavy atom. The van der Waals surface area contributed by atoms with Gasteiger partial charge in [-0.1, -0.05) is 0 Å². The van der Waals surface area contributed by atoms with Crippen LogP contribution in [0, 0.1) is 6.92 Å². The molecule has 1 atom stereocenters. The number of esters is 1. The van der Waals surface area contributed by atoms with Crippen LogP contribution in [0.15, 0.2) is 16.6 Å². The fourth-order valence-electron chi connectivity index (χ4n) is 2.33. The molecule has 5 nitrogen and oxygen atoms in total. The molecule has 0 bridgehead atoms. The van der Waals surface area contributed by atoms with Crippen molar-refractivity contribution in [3.8, 4) is 5.75 Å². The highest BCUT2D eigenvalue weighted by Crippen LogP contribution is 2.31. The maximum atomic E-state index is 11.7. The lowest BCUT2D eigenvalue weighted by Crippen LogP contribution is -2.24. The van der Waals surface area contributed by atoms with Gasteiger partial charge in [-0.25, -0.2) is 4.79 Å². The Bertz CT molecular complexity index is 512. The first kappa shape index (κ1) is 17.2. The molecule has 0 aromatic heterocycles. The van der Waals surface area contributed by atoms with Gasteiger partial charge >= 0.3 is 5.97 Å². The van der Waals surface area contributed by atoms with Crippen molar-refractivity contribution < 1.29 is 23.7 Å². The maximum Gasteiger partial charge on any atom is 0.338 e. The Morgan fingerprint density at radius 1 is 1.36 bits per heavy atom. The first-order chi connectivity index (χ1) is 10.6. The summed E-state index contributed by atoms with van der Waals surface area (Å²) in [6.07, 6.45) is 3.05. The highest BCUT2D eigenvalue weighted by molar-refractivity contribution is 9.10. The van der Waals surface area contributed by atoms with E-state index in [0.29, 0.717) is 24.5 Å². The van der Waals surface area contributed by atoms with Crippen molar-refractivity contribution in [1.29, 1.82) is 0 Å². The van der Waals surface area contributed by atoms with Crippen molar-refractivity contribution in [1.82, 2.24) is 0 Å².